The molecule has 0 spiro atoms. The molecule has 0 radical (unpaired) electrons. The number of methoxy groups -OCH3 is 1. The number of nitrogens with zero attached hydrogens (tertiary/aromatic N) is 2. The molecular formula is C19H17BrN2O4. The summed E-state index contributed by atoms with van der Waals surface area (Å²) in [6, 6.07) is 3.25. The predicted octanol–water partition coefficient (Wildman–Crippen LogP) is 2.55. The molecular weight excluding hydrogens is 400 g/mol. The number of hydrazone groups is 1. The van der Waals surface area contributed by atoms with Gasteiger partial charge in [-0.25, -0.2) is 0 Å². The molecule has 7 heteroatoms. The summed E-state index contributed by atoms with van der Waals surface area (Å²) >= 11 is 3.25. The first-order valence-corrected chi connectivity index (χ1v) is 9.47. The van der Waals surface area contributed by atoms with Crippen molar-refractivity contribution in [2.75, 3.05) is 7.11 Å². The number of ether oxygens (including phenoxy) is 1. The van der Waals surface area contributed by atoms with Crippen LogP contribution in [0.5, 0.6) is 11.5 Å². The molecule has 2 amide bonds. The molecule has 0 unspecified atom stereocenters. The van der Waals surface area contributed by atoms with Gasteiger partial charge in [-0.2, -0.15) is 10.1 Å². The second kappa shape index (κ2) is 5.42. The van der Waals surface area contributed by atoms with Gasteiger partial charge in [0.25, 0.3) is 11.8 Å². The van der Waals surface area contributed by atoms with E-state index in [1.165, 1.54) is 13.3 Å². The lowest BCUT2D eigenvalue weighted by atomic mass is 9.63. The maximum atomic E-state index is 12.9. The zero-order chi connectivity index (χ0) is 18.2. The first-order valence-electron chi connectivity index (χ1n) is 8.68. The van der Waals surface area contributed by atoms with Crippen molar-refractivity contribution < 1.29 is 19.4 Å². The summed E-state index contributed by atoms with van der Waals surface area (Å²) in [6.07, 6.45) is 6.87. The van der Waals surface area contributed by atoms with E-state index in [0.717, 1.165) is 11.4 Å². The molecule has 3 fully saturated rings. The van der Waals surface area contributed by atoms with Gasteiger partial charge < -0.3 is 9.84 Å². The Bertz CT molecular complexity index is 860. The van der Waals surface area contributed by atoms with E-state index in [0.29, 0.717) is 21.9 Å². The van der Waals surface area contributed by atoms with E-state index >= 15 is 0 Å². The van der Waals surface area contributed by atoms with E-state index in [1.807, 2.05) is 0 Å². The van der Waals surface area contributed by atoms with Crippen LogP contribution < -0.4 is 4.74 Å². The van der Waals surface area contributed by atoms with E-state index in [2.05, 4.69) is 33.2 Å². The summed E-state index contributed by atoms with van der Waals surface area (Å²) in [5.41, 5.74) is 0.617. The normalized spacial score (nSPS) is 36.6. The van der Waals surface area contributed by atoms with Gasteiger partial charge in [0.05, 0.1) is 29.6 Å². The molecule has 134 valence electrons. The molecule has 6 rings (SSSR count). The summed E-state index contributed by atoms with van der Waals surface area (Å²) < 4.78 is 5.57. The van der Waals surface area contributed by atoms with Crippen LogP contribution in [0, 0.1) is 35.5 Å². The number of phenols is 1. The van der Waals surface area contributed by atoms with E-state index < -0.39 is 0 Å². The van der Waals surface area contributed by atoms with Crippen molar-refractivity contribution in [3.05, 3.63) is 34.3 Å². The maximum Gasteiger partial charge on any atom is 0.254 e. The number of amides is 2. The molecule has 0 aromatic heterocycles. The Morgan fingerprint density at radius 2 is 1.81 bits per heavy atom. The first kappa shape index (κ1) is 16.1. The predicted molar refractivity (Wildman–Crippen MR) is 96.5 cm³/mol. The van der Waals surface area contributed by atoms with Gasteiger partial charge >= 0.3 is 0 Å². The minimum atomic E-state index is -0.250. The summed E-state index contributed by atoms with van der Waals surface area (Å²) in [6.45, 7) is 0. The molecule has 1 aromatic rings. The van der Waals surface area contributed by atoms with Crippen LogP contribution in [0.1, 0.15) is 12.0 Å². The van der Waals surface area contributed by atoms with Gasteiger partial charge in [-0.1, -0.05) is 12.2 Å². The molecule has 1 aromatic carbocycles. The van der Waals surface area contributed by atoms with Crippen molar-refractivity contribution in [3.63, 3.8) is 0 Å². The number of allylic oxidation sites excluding steroid dienone is 2. The Balaban J connectivity index is 1.44. The van der Waals surface area contributed by atoms with Crippen LogP contribution in [0.3, 0.4) is 0 Å². The molecule has 6 atom stereocenters. The highest BCUT2D eigenvalue weighted by molar-refractivity contribution is 9.10. The number of hydrogen-bond acceptors (Lipinski definition) is 5. The number of aromatic hydroxyl groups is 1. The van der Waals surface area contributed by atoms with Crippen LogP contribution in [0.15, 0.2) is 33.9 Å². The lowest BCUT2D eigenvalue weighted by Crippen LogP contribution is -2.40. The molecule has 1 saturated heterocycles. The zero-order valence-electron chi connectivity index (χ0n) is 14.0. The minimum absolute atomic E-state index is 0.00845. The number of phenolic OH excluding ortho intramolecular Hbond substituents is 1. The molecule has 5 aliphatic rings. The second-order valence-corrected chi connectivity index (χ2v) is 8.30. The lowest BCUT2D eigenvalue weighted by Gasteiger charge is -2.37. The molecule has 26 heavy (non-hydrogen) atoms. The van der Waals surface area contributed by atoms with E-state index in [4.69, 9.17) is 4.74 Å². The van der Waals surface area contributed by atoms with Crippen LogP contribution in [-0.4, -0.2) is 35.3 Å². The fourth-order valence-corrected chi connectivity index (χ4v) is 5.46. The SMILES string of the molecule is COc1cc(/C=N\N2C(=O)[C@@H]3[C@H]4C=C[C@@H]([C@@H]5C[C@@H]45)[C@H]3C2=O)cc(Br)c1O. The molecule has 2 saturated carbocycles. The Morgan fingerprint density at radius 1 is 1.19 bits per heavy atom. The van der Waals surface area contributed by atoms with Gasteiger partial charge in [-0.15, -0.1) is 0 Å². The van der Waals surface area contributed by atoms with Crippen molar-refractivity contribution >= 4 is 34.0 Å². The fraction of sp³-hybridized carbons (Fsp3) is 0.421. The van der Waals surface area contributed by atoms with E-state index in [1.54, 1.807) is 12.1 Å². The highest BCUT2D eigenvalue weighted by Gasteiger charge is 2.67. The average Bonchev–Trinajstić information content (AvgIpc) is 3.41. The van der Waals surface area contributed by atoms with Crippen molar-refractivity contribution in [1.82, 2.24) is 5.01 Å². The molecule has 4 aliphatic carbocycles. The van der Waals surface area contributed by atoms with Gasteiger partial charge in [0, 0.05) is 0 Å². The molecule has 6 nitrogen and oxygen atoms in total. The largest absolute Gasteiger partial charge is 0.503 e. The van der Waals surface area contributed by atoms with Crippen LogP contribution in [0.4, 0.5) is 0 Å². The number of imide groups is 1. The van der Waals surface area contributed by atoms with E-state index in [9.17, 15) is 14.7 Å². The summed E-state index contributed by atoms with van der Waals surface area (Å²) in [4.78, 5) is 25.7. The van der Waals surface area contributed by atoms with Crippen molar-refractivity contribution in [2.24, 2.45) is 40.6 Å². The summed E-state index contributed by atoms with van der Waals surface area (Å²) in [5, 5.41) is 15.1. The standard InChI is InChI=1S/C19H17BrN2O4/c1-26-14-5-8(4-13(20)17(14)23)7-21-22-18(24)15-9-2-3-10(12-6-11(9)12)16(15)19(22)25/h2-5,7,9-12,15-16,23H,6H2,1H3/b21-7-/t9-,10-,11-,12-,15+,16+/m0/s1. The third kappa shape index (κ3) is 2.06. The third-order valence-electron chi connectivity index (χ3n) is 6.23. The Labute approximate surface area is 158 Å². The number of benzene rings is 1. The molecule has 2 bridgehead atoms. The van der Waals surface area contributed by atoms with Crippen LogP contribution in [0.2, 0.25) is 0 Å². The number of carbonyl (C=O) groups is 2. The highest BCUT2D eigenvalue weighted by atomic mass is 79.9. The smallest absolute Gasteiger partial charge is 0.254 e. The van der Waals surface area contributed by atoms with Gasteiger partial charge in [-0.3, -0.25) is 9.59 Å². The topological polar surface area (TPSA) is 79.2 Å². The fourth-order valence-electron chi connectivity index (χ4n) is 5.00. The van der Waals surface area contributed by atoms with Crippen LogP contribution >= 0.6 is 15.9 Å². The van der Waals surface area contributed by atoms with Gasteiger partial charge in [0.15, 0.2) is 11.5 Å². The Morgan fingerprint density at radius 3 is 2.38 bits per heavy atom. The number of rotatable bonds is 3. The third-order valence-corrected chi connectivity index (χ3v) is 6.84. The van der Waals surface area contributed by atoms with Crippen LogP contribution in [0.25, 0.3) is 0 Å². The Kier molecular flexibility index (Phi) is 3.35. The van der Waals surface area contributed by atoms with Gasteiger partial charge in [0.1, 0.15) is 0 Å². The van der Waals surface area contributed by atoms with Gasteiger partial charge in [0.2, 0.25) is 0 Å². The molecule has 1 heterocycles. The zero-order valence-corrected chi connectivity index (χ0v) is 15.6. The van der Waals surface area contributed by atoms with E-state index in [-0.39, 0.29) is 47.0 Å². The number of carbonyl (C=O) groups excluding carboxylic acids is 2. The maximum absolute atomic E-state index is 12.9. The molecule has 1 N–H and O–H groups in total. The molecule has 1 aliphatic heterocycles. The monoisotopic (exact) mass is 416 g/mol. The lowest BCUT2D eigenvalue weighted by molar-refractivity contribution is -0.140. The van der Waals surface area contributed by atoms with Crippen molar-refractivity contribution in [1.29, 1.82) is 0 Å². The van der Waals surface area contributed by atoms with Crippen molar-refractivity contribution in [3.8, 4) is 11.5 Å². The Hall–Kier alpha value is -2.15. The highest BCUT2D eigenvalue weighted by Crippen LogP contribution is 2.65. The minimum Gasteiger partial charge on any atom is -0.503 e. The summed E-state index contributed by atoms with van der Waals surface area (Å²) in [5.74, 6) is 0.926. The quantitative estimate of drug-likeness (QED) is 0.466. The van der Waals surface area contributed by atoms with Gasteiger partial charge in [-0.05, 0) is 63.7 Å². The number of hydrogen-bond donors (Lipinski definition) is 1. The average molecular weight is 417 g/mol. The summed E-state index contributed by atoms with van der Waals surface area (Å²) in [7, 11) is 1.45. The first-order chi connectivity index (χ1) is 12.5. The number of halogens is 1. The van der Waals surface area contributed by atoms with Crippen LogP contribution in [-0.2, 0) is 9.59 Å². The van der Waals surface area contributed by atoms with Crippen molar-refractivity contribution in [2.45, 2.75) is 6.42 Å². The second-order valence-electron chi connectivity index (χ2n) is 7.44.